The van der Waals surface area contributed by atoms with Gasteiger partial charge in [0.2, 0.25) is 5.90 Å². The Bertz CT molecular complexity index is 839. The van der Waals surface area contributed by atoms with Crippen molar-refractivity contribution < 1.29 is 9.53 Å². The van der Waals surface area contributed by atoms with Crippen LogP contribution in [-0.4, -0.2) is 45.7 Å². The number of anilines is 1. The smallest absolute Gasteiger partial charge is 0.263 e. The van der Waals surface area contributed by atoms with E-state index < -0.39 is 5.91 Å². The van der Waals surface area contributed by atoms with Crippen molar-refractivity contribution in [3.05, 3.63) is 36.3 Å². The summed E-state index contributed by atoms with van der Waals surface area (Å²) in [5.41, 5.74) is 0.702. The standard InChI is InChI=1S/C17H21N7O2/c1-19-9-12(15(18)26-2)17(25)22-14-8-4-7-13(21-14)16-23-20-10-24(16)11-5-3-6-11/h4,7-11,18-19H,3,5-6H2,1-2H3,(H,21,22,25)/b12-9+,18-15?. The molecule has 9 heteroatoms. The second-order valence-corrected chi connectivity index (χ2v) is 5.89. The van der Waals surface area contributed by atoms with Gasteiger partial charge in [-0.3, -0.25) is 10.2 Å². The van der Waals surface area contributed by atoms with Crippen LogP contribution >= 0.6 is 0 Å². The minimum Gasteiger partial charge on any atom is -0.481 e. The van der Waals surface area contributed by atoms with E-state index in [1.54, 1.807) is 25.5 Å². The number of rotatable bonds is 6. The maximum atomic E-state index is 12.4. The first-order valence-corrected chi connectivity index (χ1v) is 8.32. The van der Waals surface area contributed by atoms with Crippen LogP contribution in [0.15, 0.2) is 36.3 Å². The number of hydrogen-bond acceptors (Lipinski definition) is 7. The molecule has 0 atom stereocenters. The number of carbonyl (C=O) groups is 1. The fourth-order valence-corrected chi connectivity index (χ4v) is 2.66. The largest absolute Gasteiger partial charge is 0.481 e. The molecule has 136 valence electrons. The first kappa shape index (κ1) is 17.6. The lowest BCUT2D eigenvalue weighted by Crippen LogP contribution is -2.23. The first-order valence-electron chi connectivity index (χ1n) is 8.32. The summed E-state index contributed by atoms with van der Waals surface area (Å²) >= 11 is 0. The first-order chi connectivity index (χ1) is 12.6. The summed E-state index contributed by atoms with van der Waals surface area (Å²) in [5, 5.41) is 21.3. The summed E-state index contributed by atoms with van der Waals surface area (Å²) < 4.78 is 6.87. The number of aromatic nitrogens is 4. The van der Waals surface area contributed by atoms with Gasteiger partial charge in [0, 0.05) is 19.3 Å². The molecular weight excluding hydrogens is 334 g/mol. The quantitative estimate of drug-likeness (QED) is 0.413. The minimum atomic E-state index is -0.490. The van der Waals surface area contributed by atoms with E-state index in [4.69, 9.17) is 10.1 Å². The molecule has 2 heterocycles. The van der Waals surface area contributed by atoms with Gasteiger partial charge < -0.3 is 19.9 Å². The van der Waals surface area contributed by atoms with E-state index in [1.165, 1.54) is 19.7 Å². The molecule has 0 saturated heterocycles. The predicted octanol–water partition coefficient (Wildman–Crippen LogP) is 1.73. The number of carbonyl (C=O) groups excluding carboxylic acids is 1. The normalized spacial score (nSPS) is 14.5. The van der Waals surface area contributed by atoms with Crippen LogP contribution in [-0.2, 0) is 9.53 Å². The van der Waals surface area contributed by atoms with Crippen molar-refractivity contribution in [1.29, 1.82) is 5.41 Å². The second kappa shape index (κ2) is 7.77. The van der Waals surface area contributed by atoms with Gasteiger partial charge in [-0.2, -0.15) is 0 Å². The lowest BCUT2D eigenvalue weighted by Gasteiger charge is -2.27. The summed E-state index contributed by atoms with van der Waals surface area (Å²) in [6.07, 6.45) is 6.55. The number of hydrogen-bond donors (Lipinski definition) is 3. The minimum absolute atomic E-state index is 0.0693. The maximum Gasteiger partial charge on any atom is 0.263 e. The highest BCUT2D eigenvalue weighted by atomic mass is 16.5. The molecule has 26 heavy (non-hydrogen) atoms. The monoisotopic (exact) mass is 355 g/mol. The highest BCUT2D eigenvalue weighted by Crippen LogP contribution is 2.34. The average Bonchev–Trinajstić information content (AvgIpc) is 3.06. The van der Waals surface area contributed by atoms with Gasteiger partial charge in [-0.1, -0.05) is 6.07 Å². The summed E-state index contributed by atoms with van der Waals surface area (Å²) in [6.45, 7) is 0. The van der Waals surface area contributed by atoms with E-state index in [0.29, 0.717) is 23.4 Å². The molecule has 0 aliphatic heterocycles. The van der Waals surface area contributed by atoms with Crippen LogP contribution in [0.4, 0.5) is 5.82 Å². The van der Waals surface area contributed by atoms with Crippen molar-refractivity contribution in [2.75, 3.05) is 19.5 Å². The number of ether oxygens (including phenoxy) is 1. The maximum absolute atomic E-state index is 12.4. The molecule has 1 fully saturated rings. The van der Waals surface area contributed by atoms with Crippen LogP contribution in [0.5, 0.6) is 0 Å². The fraction of sp³-hybridized carbons (Fsp3) is 0.353. The summed E-state index contributed by atoms with van der Waals surface area (Å²) in [6, 6.07) is 5.71. The lowest BCUT2D eigenvalue weighted by atomic mass is 9.93. The van der Waals surface area contributed by atoms with Crippen molar-refractivity contribution in [2.24, 2.45) is 0 Å². The Labute approximate surface area is 151 Å². The molecule has 1 saturated carbocycles. The van der Waals surface area contributed by atoms with Crippen LogP contribution in [0.25, 0.3) is 11.5 Å². The van der Waals surface area contributed by atoms with Gasteiger partial charge in [0.05, 0.1) is 7.11 Å². The van der Waals surface area contributed by atoms with Crippen LogP contribution in [0.2, 0.25) is 0 Å². The summed E-state index contributed by atoms with van der Waals surface area (Å²) in [7, 11) is 2.98. The van der Waals surface area contributed by atoms with Gasteiger partial charge in [-0.15, -0.1) is 10.2 Å². The molecule has 1 amide bonds. The van der Waals surface area contributed by atoms with Gasteiger partial charge in [-0.25, -0.2) is 4.98 Å². The topological polar surface area (TPSA) is 118 Å². The predicted molar refractivity (Wildman–Crippen MR) is 96.6 cm³/mol. The Morgan fingerprint density at radius 1 is 1.42 bits per heavy atom. The van der Waals surface area contributed by atoms with Crippen LogP contribution in [0.3, 0.4) is 0 Å². The molecule has 0 radical (unpaired) electrons. The van der Waals surface area contributed by atoms with Crippen LogP contribution < -0.4 is 10.6 Å². The van der Waals surface area contributed by atoms with Crippen molar-refractivity contribution in [1.82, 2.24) is 25.1 Å². The van der Waals surface area contributed by atoms with Gasteiger partial charge >= 0.3 is 0 Å². The zero-order valence-electron chi connectivity index (χ0n) is 14.7. The molecule has 0 spiro atoms. The van der Waals surface area contributed by atoms with Crippen molar-refractivity contribution >= 4 is 17.6 Å². The average molecular weight is 355 g/mol. The number of pyridine rings is 1. The van der Waals surface area contributed by atoms with E-state index in [2.05, 4.69) is 25.8 Å². The van der Waals surface area contributed by atoms with Crippen molar-refractivity contribution in [3.63, 3.8) is 0 Å². The Hall–Kier alpha value is -3.23. The van der Waals surface area contributed by atoms with Crippen LogP contribution in [0, 0.1) is 5.41 Å². The molecular formula is C17H21N7O2. The highest BCUT2D eigenvalue weighted by molar-refractivity contribution is 6.21. The van der Waals surface area contributed by atoms with Gasteiger partial charge in [-0.05, 0) is 31.4 Å². The third kappa shape index (κ3) is 3.56. The van der Waals surface area contributed by atoms with E-state index >= 15 is 0 Å². The van der Waals surface area contributed by atoms with E-state index in [-0.39, 0.29) is 11.5 Å². The van der Waals surface area contributed by atoms with Gasteiger partial charge in [0.15, 0.2) is 5.82 Å². The second-order valence-electron chi connectivity index (χ2n) is 5.89. The van der Waals surface area contributed by atoms with Crippen LogP contribution in [0.1, 0.15) is 25.3 Å². The molecule has 2 aromatic heterocycles. The lowest BCUT2D eigenvalue weighted by molar-refractivity contribution is -0.112. The third-order valence-electron chi connectivity index (χ3n) is 4.24. The van der Waals surface area contributed by atoms with Gasteiger partial charge in [0.1, 0.15) is 23.4 Å². The molecule has 0 bridgehead atoms. The van der Waals surface area contributed by atoms with Crippen molar-refractivity contribution in [2.45, 2.75) is 25.3 Å². The van der Waals surface area contributed by atoms with E-state index in [0.717, 1.165) is 12.8 Å². The number of nitrogens with zero attached hydrogens (tertiary/aromatic N) is 4. The Morgan fingerprint density at radius 3 is 2.88 bits per heavy atom. The SMILES string of the molecule is CN/C=C(\C(=N)OC)C(=O)Nc1cccc(-c2nncn2C2CCC2)n1. The Kier molecular flexibility index (Phi) is 5.26. The molecule has 3 rings (SSSR count). The molecule has 3 N–H and O–H groups in total. The molecule has 1 aliphatic rings. The highest BCUT2D eigenvalue weighted by Gasteiger charge is 2.23. The molecule has 1 aliphatic carbocycles. The number of methoxy groups -OCH3 is 1. The zero-order valence-corrected chi connectivity index (χ0v) is 14.7. The van der Waals surface area contributed by atoms with Crippen molar-refractivity contribution in [3.8, 4) is 11.5 Å². The van der Waals surface area contributed by atoms with E-state index in [9.17, 15) is 4.79 Å². The number of nitrogens with one attached hydrogen (secondary N) is 3. The number of amides is 1. The molecule has 9 nitrogen and oxygen atoms in total. The molecule has 0 aromatic carbocycles. The van der Waals surface area contributed by atoms with Gasteiger partial charge in [0.25, 0.3) is 5.91 Å². The Balaban J connectivity index is 1.82. The summed E-state index contributed by atoms with van der Waals surface area (Å²) in [5.74, 6) is 0.317. The zero-order chi connectivity index (χ0) is 18.5. The Morgan fingerprint density at radius 2 is 2.23 bits per heavy atom. The molecule has 2 aromatic rings. The fourth-order valence-electron chi connectivity index (χ4n) is 2.66. The van der Waals surface area contributed by atoms with E-state index in [1.807, 2.05) is 10.6 Å². The third-order valence-corrected chi connectivity index (χ3v) is 4.24. The summed E-state index contributed by atoms with van der Waals surface area (Å²) in [4.78, 5) is 16.9. The molecule has 0 unspecified atom stereocenters.